The van der Waals surface area contributed by atoms with Crippen LogP contribution < -0.4 is 4.72 Å². The molecule has 0 aliphatic rings. The van der Waals surface area contributed by atoms with Crippen molar-refractivity contribution in [2.24, 2.45) is 7.05 Å². The van der Waals surface area contributed by atoms with Crippen molar-refractivity contribution in [2.75, 3.05) is 0 Å². The molecule has 4 nitrogen and oxygen atoms in total. The fourth-order valence-corrected chi connectivity index (χ4v) is 2.85. The Balaban J connectivity index is 2.57. The van der Waals surface area contributed by atoms with Crippen LogP contribution in [0, 0.1) is 11.6 Å². The summed E-state index contributed by atoms with van der Waals surface area (Å²) in [7, 11) is 1.21. The molecule has 134 valence electrons. The third-order valence-electron chi connectivity index (χ3n) is 3.31. The van der Waals surface area contributed by atoms with Gasteiger partial charge in [0.25, 0.3) is 0 Å². The molecule has 0 aliphatic heterocycles. The average molecular weight is 369 g/mol. The topological polar surface area (TPSA) is 52.9 Å². The van der Waals surface area contributed by atoms with Gasteiger partial charge in [0.15, 0.2) is 5.82 Å². The summed E-state index contributed by atoms with van der Waals surface area (Å²) >= 11 is -2.05. The van der Waals surface area contributed by atoms with Gasteiger partial charge in [0, 0.05) is 24.5 Å². The second-order valence-corrected chi connectivity index (χ2v) is 8.26. The molecule has 1 heterocycles. The van der Waals surface area contributed by atoms with Gasteiger partial charge in [0.1, 0.15) is 21.9 Å². The summed E-state index contributed by atoms with van der Waals surface area (Å²) in [6.07, 6.45) is -4.83. The summed E-state index contributed by atoms with van der Waals surface area (Å²) in [6.45, 7) is 4.52. The van der Waals surface area contributed by atoms with Gasteiger partial charge in [-0.3, -0.25) is 0 Å². The molecule has 10 heteroatoms. The Morgan fingerprint density at radius 3 is 2.29 bits per heavy atom. The standard InChI is InChI=1S/C14H16F5N3OS/c1-13(2,3)24(23)21-11(14(17,18)19)12-20-10-8(16)5-7(15)6-9(10)22(12)4/h5-6,11,21H,1-4H3. The molecule has 2 rings (SSSR count). The number of halogens is 5. The van der Waals surface area contributed by atoms with Crippen LogP contribution in [0.5, 0.6) is 0 Å². The second-order valence-electron chi connectivity index (χ2n) is 6.26. The van der Waals surface area contributed by atoms with Crippen LogP contribution in [0.2, 0.25) is 0 Å². The van der Waals surface area contributed by atoms with Crippen molar-refractivity contribution in [2.45, 2.75) is 37.7 Å². The van der Waals surface area contributed by atoms with Crippen LogP contribution in [0.1, 0.15) is 32.6 Å². The quantitative estimate of drug-likeness (QED) is 0.666. The number of hydrogen-bond acceptors (Lipinski definition) is 3. The highest BCUT2D eigenvalue weighted by atomic mass is 32.2. The predicted molar refractivity (Wildman–Crippen MR) is 80.5 cm³/mol. The maximum atomic E-state index is 13.8. The Bertz CT molecular complexity index is 753. The van der Waals surface area contributed by atoms with Crippen LogP contribution in [0.4, 0.5) is 22.0 Å². The lowest BCUT2D eigenvalue weighted by Gasteiger charge is -2.28. The number of fused-ring (bicyclic) bond motifs is 1. The molecular formula is C14H16F5N3OS. The number of imidazole rings is 1. The first-order chi connectivity index (χ1) is 10.8. The average Bonchev–Trinajstić information content (AvgIpc) is 2.71. The van der Waals surface area contributed by atoms with E-state index in [1.165, 1.54) is 27.8 Å². The van der Waals surface area contributed by atoms with E-state index >= 15 is 0 Å². The number of hydrogen-bond donors (Lipinski definition) is 1. The molecule has 0 bridgehead atoms. The molecule has 0 radical (unpaired) electrons. The van der Waals surface area contributed by atoms with E-state index in [0.717, 1.165) is 10.6 Å². The SMILES string of the molecule is Cn1c(C(N[S+]([O-])C(C)(C)C)C(F)(F)F)nc2c(F)cc(F)cc21. The van der Waals surface area contributed by atoms with Gasteiger partial charge in [-0.2, -0.15) is 13.2 Å². The van der Waals surface area contributed by atoms with Gasteiger partial charge in [-0.05, 0) is 26.8 Å². The largest absolute Gasteiger partial charge is 0.598 e. The summed E-state index contributed by atoms with van der Waals surface area (Å²) < 4.78 is 81.4. The van der Waals surface area contributed by atoms with Gasteiger partial charge in [-0.1, -0.05) is 0 Å². The molecule has 1 aromatic heterocycles. The van der Waals surface area contributed by atoms with Crippen molar-refractivity contribution in [3.05, 3.63) is 29.6 Å². The van der Waals surface area contributed by atoms with Gasteiger partial charge in [-0.15, -0.1) is 4.72 Å². The zero-order chi connectivity index (χ0) is 18.4. The lowest BCUT2D eigenvalue weighted by molar-refractivity contribution is -0.155. The smallest absolute Gasteiger partial charge is 0.415 e. The summed E-state index contributed by atoms with van der Waals surface area (Å²) in [5, 5.41) is 0. The molecule has 0 saturated carbocycles. The maximum Gasteiger partial charge on any atom is 0.415 e. The molecule has 1 aromatic carbocycles. The minimum absolute atomic E-state index is 0.125. The zero-order valence-corrected chi connectivity index (χ0v) is 14.1. The van der Waals surface area contributed by atoms with Crippen LogP contribution in [0.15, 0.2) is 12.1 Å². The number of rotatable bonds is 3. The number of aryl methyl sites for hydroxylation is 1. The lowest BCUT2D eigenvalue weighted by atomic mass is 10.3. The van der Waals surface area contributed by atoms with Crippen LogP contribution in [0.3, 0.4) is 0 Å². The van der Waals surface area contributed by atoms with E-state index in [-0.39, 0.29) is 11.0 Å². The van der Waals surface area contributed by atoms with E-state index < -0.39 is 45.8 Å². The molecular weight excluding hydrogens is 353 g/mol. The van der Waals surface area contributed by atoms with E-state index in [2.05, 4.69) is 4.98 Å². The fraction of sp³-hybridized carbons (Fsp3) is 0.500. The van der Waals surface area contributed by atoms with Crippen molar-refractivity contribution in [1.29, 1.82) is 0 Å². The van der Waals surface area contributed by atoms with Gasteiger partial charge in [-0.25, -0.2) is 13.8 Å². The summed E-state index contributed by atoms with van der Waals surface area (Å²) in [5.41, 5.74) is -0.508. The third kappa shape index (κ3) is 3.65. The Hall–Kier alpha value is -1.39. The molecule has 1 N–H and O–H groups in total. The van der Waals surface area contributed by atoms with Gasteiger partial charge in [0.05, 0.1) is 5.52 Å². The Kier molecular flexibility index (Phi) is 4.86. The Morgan fingerprint density at radius 2 is 1.79 bits per heavy atom. The first kappa shape index (κ1) is 18.9. The molecule has 2 aromatic rings. The number of nitrogens with one attached hydrogen (secondary N) is 1. The summed E-state index contributed by atoms with van der Waals surface area (Å²) in [6, 6.07) is -0.955. The molecule has 0 spiro atoms. The number of aromatic nitrogens is 2. The highest BCUT2D eigenvalue weighted by Gasteiger charge is 2.48. The van der Waals surface area contributed by atoms with Crippen molar-refractivity contribution in [1.82, 2.24) is 14.3 Å². The molecule has 0 amide bonds. The molecule has 0 aliphatic carbocycles. The van der Waals surface area contributed by atoms with Crippen molar-refractivity contribution < 1.29 is 26.5 Å². The Morgan fingerprint density at radius 1 is 1.21 bits per heavy atom. The monoisotopic (exact) mass is 369 g/mol. The van der Waals surface area contributed by atoms with Crippen LogP contribution >= 0.6 is 0 Å². The van der Waals surface area contributed by atoms with E-state index in [1.807, 2.05) is 4.72 Å². The second kappa shape index (κ2) is 6.16. The van der Waals surface area contributed by atoms with Crippen molar-refractivity contribution in [3.63, 3.8) is 0 Å². The minimum Gasteiger partial charge on any atom is -0.598 e. The Labute approximate surface area is 138 Å². The number of nitrogens with zero attached hydrogens (tertiary/aromatic N) is 2. The molecule has 2 atom stereocenters. The summed E-state index contributed by atoms with van der Waals surface area (Å²) in [5.74, 6) is -2.59. The van der Waals surface area contributed by atoms with Gasteiger partial charge >= 0.3 is 6.18 Å². The number of benzene rings is 1. The molecule has 0 fully saturated rings. The first-order valence-corrected chi connectivity index (χ1v) is 8.03. The first-order valence-electron chi connectivity index (χ1n) is 6.88. The summed E-state index contributed by atoms with van der Waals surface area (Å²) in [4.78, 5) is 3.66. The lowest BCUT2D eigenvalue weighted by Crippen LogP contribution is -2.46. The third-order valence-corrected chi connectivity index (χ3v) is 4.87. The minimum atomic E-state index is -4.83. The molecule has 24 heavy (non-hydrogen) atoms. The maximum absolute atomic E-state index is 13.8. The van der Waals surface area contributed by atoms with Crippen LogP contribution in [-0.4, -0.2) is 25.0 Å². The van der Waals surface area contributed by atoms with Gasteiger partial charge in [0.2, 0.25) is 6.04 Å². The van der Waals surface area contributed by atoms with E-state index in [4.69, 9.17) is 0 Å². The normalized spacial score (nSPS) is 15.8. The van der Waals surface area contributed by atoms with E-state index in [0.29, 0.717) is 6.07 Å². The molecule has 2 unspecified atom stereocenters. The predicted octanol–water partition coefficient (Wildman–Crippen LogP) is 3.51. The highest BCUT2D eigenvalue weighted by molar-refractivity contribution is 7.90. The van der Waals surface area contributed by atoms with Crippen molar-refractivity contribution >= 4 is 22.4 Å². The molecule has 0 saturated heterocycles. The van der Waals surface area contributed by atoms with Crippen LogP contribution in [0.25, 0.3) is 11.0 Å². The zero-order valence-electron chi connectivity index (χ0n) is 13.3. The van der Waals surface area contributed by atoms with Crippen molar-refractivity contribution in [3.8, 4) is 0 Å². The van der Waals surface area contributed by atoms with E-state index in [9.17, 15) is 26.5 Å². The highest BCUT2D eigenvalue weighted by Crippen LogP contribution is 2.35. The van der Waals surface area contributed by atoms with Gasteiger partial charge < -0.3 is 9.12 Å². The number of alkyl halides is 3. The van der Waals surface area contributed by atoms with Crippen LogP contribution in [-0.2, 0) is 18.4 Å². The van der Waals surface area contributed by atoms with E-state index in [1.54, 1.807) is 0 Å². The fourth-order valence-electron chi connectivity index (χ4n) is 2.04.